The summed E-state index contributed by atoms with van der Waals surface area (Å²) in [6.45, 7) is 2.35. The molecule has 0 unspecified atom stereocenters. The summed E-state index contributed by atoms with van der Waals surface area (Å²) in [6, 6.07) is 11.2. The summed E-state index contributed by atoms with van der Waals surface area (Å²) in [5.41, 5.74) is 1.51. The van der Waals surface area contributed by atoms with Crippen LogP contribution < -0.4 is 4.65 Å². The van der Waals surface area contributed by atoms with Crippen LogP contribution in [0.15, 0.2) is 42.5 Å². The van der Waals surface area contributed by atoms with Crippen LogP contribution in [0.1, 0.15) is 52.5 Å². The van der Waals surface area contributed by atoms with Crippen molar-refractivity contribution in [3.8, 4) is 11.5 Å². The van der Waals surface area contributed by atoms with Gasteiger partial charge < -0.3 is 19.5 Å². The number of para-hydroxylation sites is 1. The minimum atomic E-state index is -1.20. The van der Waals surface area contributed by atoms with Crippen molar-refractivity contribution in [1.82, 2.24) is 0 Å². The molecule has 0 bridgehead atoms. The van der Waals surface area contributed by atoms with Gasteiger partial charge in [0.1, 0.15) is 17.1 Å². The first-order valence-electron chi connectivity index (χ1n) is 9.45. The maximum Gasteiger partial charge on any atom is 0.526 e. The molecule has 146 valence electrons. The molecule has 0 aliphatic carbocycles. The predicted molar refractivity (Wildman–Crippen MR) is 105 cm³/mol. The molecule has 0 fully saturated rings. The third-order valence-corrected chi connectivity index (χ3v) is 4.81. The van der Waals surface area contributed by atoms with Gasteiger partial charge in [-0.3, -0.25) is 4.79 Å². The average Bonchev–Trinajstić information content (AvgIpc) is 2.68. The Hall–Kier alpha value is -2.80. The summed E-state index contributed by atoms with van der Waals surface area (Å²) in [5.74, 6) is -0.641. The Balaban J connectivity index is 1.72. The van der Waals surface area contributed by atoms with E-state index in [0.717, 1.165) is 18.4 Å². The monoisotopic (exact) mass is 382 g/mol. The van der Waals surface area contributed by atoms with Gasteiger partial charge in [-0.15, -0.1) is 0 Å². The van der Waals surface area contributed by atoms with Crippen LogP contribution in [0.4, 0.5) is 0 Å². The number of hydrogen-bond donors (Lipinski definition) is 2. The summed E-state index contributed by atoms with van der Waals surface area (Å²) in [5, 5.41) is 19.8. The zero-order chi connectivity index (χ0) is 20.1. The van der Waals surface area contributed by atoms with Gasteiger partial charge >= 0.3 is 13.1 Å². The number of ketones is 1. The highest BCUT2D eigenvalue weighted by Crippen LogP contribution is 2.37. The zero-order valence-electron chi connectivity index (χ0n) is 15.8. The molecular formula is C21H23BO6. The fourth-order valence-corrected chi connectivity index (χ4v) is 3.21. The van der Waals surface area contributed by atoms with Crippen LogP contribution in [0.2, 0.25) is 5.82 Å². The molecule has 2 aromatic rings. The van der Waals surface area contributed by atoms with Crippen LogP contribution in [-0.2, 0) is 11.2 Å². The van der Waals surface area contributed by atoms with Crippen molar-refractivity contribution < 1.29 is 29.1 Å². The lowest BCUT2D eigenvalue weighted by Crippen LogP contribution is -2.36. The first kappa shape index (κ1) is 20.0. The molecule has 0 amide bonds. The molecule has 0 radical (unpaired) electrons. The number of carbonyl (C=O) groups excluding carboxylic acids is 2. The zero-order valence-corrected chi connectivity index (χ0v) is 15.8. The summed E-state index contributed by atoms with van der Waals surface area (Å²) in [6.07, 6.45) is 2.21. The first-order chi connectivity index (χ1) is 13.5. The molecule has 2 aromatic carbocycles. The summed E-state index contributed by atoms with van der Waals surface area (Å²) in [4.78, 5) is 24.8. The van der Waals surface area contributed by atoms with Gasteiger partial charge in [0.2, 0.25) is 0 Å². The maximum absolute atomic E-state index is 12.5. The number of benzene rings is 2. The molecule has 0 spiro atoms. The van der Waals surface area contributed by atoms with Crippen molar-refractivity contribution in [3.63, 3.8) is 0 Å². The van der Waals surface area contributed by atoms with Crippen LogP contribution in [0.5, 0.6) is 11.5 Å². The molecule has 7 heteroatoms. The second-order valence-electron chi connectivity index (χ2n) is 6.93. The molecule has 6 nitrogen and oxygen atoms in total. The van der Waals surface area contributed by atoms with Gasteiger partial charge in [-0.1, -0.05) is 25.5 Å². The molecule has 0 saturated carbocycles. The molecule has 1 heterocycles. The van der Waals surface area contributed by atoms with E-state index in [0.29, 0.717) is 24.3 Å². The Morgan fingerprint density at radius 3 is 2.68 bits per heavy atom. The van der Waals surface area contributed by atoms with Gasteiger partial charge in [-0.05, 0) is 48.7 Å². The number of aromatic hydroxyl groups is 1. The van der Waals surface area contributed by atoms with Gasteiger partial charge in [0, 0.05) is 17.8 Å². The number of rotatable bonds is 7. The van der Waals surface area contributed by atoms with Crippen molar-refractivity contribution in [2.45, 2.75) is 38.4 Å². The van der Waals surface area contributed by atoms with Crippen molar-refractivity contribution in [2.75, 3.05) is 6.61 Å². The summed E-state index contributed by atoms with van der Waals surface area (Å²) in [7, 11) is -1.20. The van der Waals surface area contributed by atoms with E-state index >= 15 is 0 Å². The van der Waals surface area contributed by atoms with E-state index in [1.54, 1.807) is 24.3 Å². The molecular weight excluding hydrogens is 359 g/mol. The Bertz CT molecular complexity index is 848. The lowest BCUT2D eigenvalue weighted by molar-refractivity contribution is 0.0496. The predicted octanol–water partition coefficient (Wildman–Crippen LogP) is 3.41. The van der Waals surface area contributed by atoms with E-state index in [4.69, 9.17) is 9.39 Å². The summed E-state index contributed by atoms with van der Waals surface area (Å²) < 4.78 is 10.9. The average molecular weight is 382 g/mol. The van der Waals surface area contributed by atoms with E-state index in [1.807, 2.05) is 13.0 Å². The molecule has 1 aliphatic rings. The lowest BCUT2D eigenvalue weighted by atomic mass is 9.64. The highest BCUT2D eigenvalue weighted by atomic mass is 16.5. The number of fused-ring (bicyclic) bond motifs is 1. The fraction of sp³-hybridized carbons (Fsp3) is 0.333. The molecule has 28 heavy (non-hydrogen) atoms. The number of Topliss-reactive ketones (excluding diaryl/α,β-unsaturated/α-hetero) is 1. The minimum Gasteiger partial charge on any atom is -0.535 e. The Morgan fingerprint density at radius 2 is 1.96 bits per heavy atom. The third kappa shape index (κ3) is 4.54. The van der Waals surface area contributed by atoms with Crippen molar-refractivity contribution in [1.29, 1.82) is 0 Å². The molecule has 3 rings (SSSR count). The Labute approximate surface area is 164 Å². The van der Waals surface area contributed by atoms with Crippen LogP contribution in [-0.4, -0.2) is 35.6 Å². The van der Waals surface area contributed by atoms with Crippen LogP contribution in [0.25, 0.3) is 0 Å². The highest BCUT2D eigenvalue weighted by molar-refractivity contribution is 6.47. The quantitative estimate of drug-likeness (QED) is 0.330. The molecule has 1 atom stereocenters. The van der Waals surface area contributed by atoms with E-state index in [2.05, 4.69) is 0 Å². The number of phenolic OH excluding ortho intramolecular Hbond substituents is 1. The van der Waals surface area contributed by atoms with Gasteiger partial charge in [-0.25, -0.2) is 4.79 Å². The number of hydrogen-bond acceptors (Lipinski definition) is 6. The summed E-state index contributed by atoms with van der Waals surface area (Å²) >= 11 is 0. The second-order valence-corrected chi connectivity index (χ2v) is 6.93. The third-order valence-electron chi connectivity index (χ3n) is 4.81. The minimum absolute atomic E-state index is 0.0878. The number of ether oxygens (including phenoxy) is 1. The second kappa shape index (κ2) is 8.93. The SMILES string of the molecule is CCCCOC(=O)c1cccc2c1OB(O)[C@@H](CC(=O)c1ccc(O)cc1)C2. The molecule has 1 aliphatic heterocycles. The van der Waals surface area contributed by atoms with E-state index in [9.17, 15) is 19.7 Å². The number of unbranched alkanes of at least 4 members (excludes halogenated alkanes) is 1. The molecule has 0 aromatic heterocycles. The molecule has 0 saturated heterocycles. The highest BCUT2D eigenvalue weighted by Gasteiger charge is 2.38. The largest absolute Gasteiger partial charge is 0.535 e. The van der Waals surface area contributed by atoms with Gasteiger partial charge in [0.15, 0.2) is 5.78 Å². The van der Waals surface area contributed by atoms with Crippen molar-refractivity contribution in [2.24, 2.45) is 0 Å². The number of phenols is 1. The van der Waals surface area contributed by atoms with Gasteiger partial charge in [-0.2, -0.15) is 0 Å². The number of carbonyl (C=O) groups is 2. The standard InChI is InChI=1S/C21H23BO6/c1-2-3-11-27-21(25)18-6-4-5-15-12-16(22(26)28-20(15)18)13-19(24)14-7-9-17(23)10-8-14/h4-10,16,23,26H,2-3,11-13H2,1H3/t16-/m1/s1. The maximum atomic E-state index is 12.5. The Kier molecular flexibility index (Phi) is 6.36. The van der Waals surface area contributed by atoms with Crippen molar-refractivity contribution in [3.05, 3.63) is 59.2 Å². The van der Waals surface area contributed by atoms with E-state index in [-0.39, 0.29) is 23.5 Å². The van der Waals surface area contributed by atoms with Crippen molar-refractivity contribution >= 4 is 18.9 Å². The fourth-order valence-electron chi connectivity index (χ4n) is 3.21. The molecule has 2 N–H and O–H groups in total. The van der Waals surface area contributed by atoms with Crippen LogP contribution in [0.3, 0.4) is 0 Å². The van der Waals surface area contributed by atoms with Gasteiger partial charge in [0.25, 0.3) is 0 Å². The number of esters is 1. The van der Waals surface area contributed by atoms with Crippen LogP contribution >= 0.6 is 0 Å². The first-order valence-corrected chi connectivity index (χ1v) is 9.45. The Morgan fingerprint density at radius 1 is 1.21 bits per heavy atom. The smallest absolute Gasteiger partial charge is 0.526 e. The normalized spacial score (nSPS) is 15.5. The van der Waals surface area contributed by atoms with Gasteiger partial charge in [0.05, 0.1) is 6.61 Å². The van der Waals surface area contributed by atoms with E-state index in [1.165, 1.54) is 12.1 Å². The topological polar surface area (TPSA) is 93.1 Å². The lowest BCUT2D eigenvalue weighted by Gasteiger charge is -2.28. The van der Waals surface area contributed by atoms with Crippen LogP contribution in [0, 0.1) is 0 Å². The van der Waals surface area contributed by atoms with E-state index < -0.39 is 18.9 Å².